The van der Waals surface area contributed by atoms with Crippen molar-refractivity contribution in [3.63, 3.8) is 0 Å². The van der Waals surface area contributed by atoms with E-state index >= 15 is 0 Å². The molecule has 1 aromatic heterocycles. The smallest absolute Gasteiger partial charge is 0.161 e. The van der Waals surface area contributed by atoms with E-state index in [9.17, 15) is 0 Å². The third kappa shape index (κ3) is 2.52. The van der Waals surface area contributed by atoms with Gasteiger partial charge in [0, 0.05) is 25.1 Å². The van der Waals surface area contributed by atoms with Gasteiger partial charge in [0.15, 0.2) is 11.5 Å². The van der Waals surface area contributed by atoms with Crippen LogP contribution in [0.2, 0.25) is 0 Å². The second-order valence-electron chi connectivity index (χ2n) is 4.65. The number of anilines is 1. The average molecular weight is 271 g/mol. The van der Waals surface area contributed by atoms with Crippen molar-refractivity contribution in [3.05, 3.63) is 30.1 Å². The van der Waals surface area contributed by atoms with Gasteiger partial charge in [0.2, 0.25) is 0 Å². The van der Waals surface area contributed by atoms with Gasteiger partial charge in [-0.2, -0.15) is 0 Å². The van der Waals surface area contributed by atoms with E-state index in [1.807, 2.05) is 38.2 Å². The molecule has 2 aromatic rings. The molecular weight excluding hydrogens is 254 g/mol. The Morgan fingerprint density at radius 2 is 1.85 bits per heavy atom. The van der Waals surface area contributed by atoms with Gasteiger partial charge in [-0.15, -0.1) is 0 Å². The molecule has 0 saturated carbocycles. The molecule has 0 amide bonds. The van der Waals surface area contributed by atoms with Crippen LogP contribution in [0.25, 0.3) is 11.3 Å². The van der Waals surface area contributed by atoms with Crippen molar-refractivity contribution in [2.45, 2.75) is 13.3 Å². The molecule has 0 radical (unpaired) electrons. The fraction of sp³-hybridized carbons (Fsp3) is 0.333. The van der Waals surface area contributed by atoms with Crippen LogP contribution in [-0.4, -0.2) is 30.2 Å². The molecule has 0 unspecified atom stereocenters. The molecule has 0 atom stereocenters. The normalized spacial score (nSPS) is 13.7. The van der Waals surface area contributed by atoms with Gasteiger partial charge in [-0.05, 0) is 25.1 Å². The third-order valence-electron chi connectivity index (χ3n) is 3.14. The van der Waals surface area contributed by atoms with E-state index < -0.39 is 0 Å². The topological polar surface area (TPSA) is 56.3 Å². The summed E-state index contributed by atoms with van der Waals surface area (Å²) in [5, 5.41) is 3.04. The van der Waals surface area contributed by atoms with E-state index in [1.165, 1.54) is 0 Å². The first-order valence-corrected chi connectivity index (χ1v) is 6.70. The van der Waals surface area contributed by atoms with Crippen molar-refractivity contribution in [1.82, 2.24) is 9.97 Å². The average Bonchev–Trinajstić information content (AvgIpc) is 2.70. The predicted octanol–water partition coefficient (Wildman–Crippen LogP) is 2.66. The summed E-state index contributed by atoms with van der Waals surface area (Å²) >= 11 is 0. The van der Waals surface area contributed by atoms with Gasteiger partial charge in [-0.25, -0.2) is 9.97 Å². The number of nitrogens with one attached hydrogen (secondary N) is 1. The lowest BCUT2D eigenvalue weighted by atomic mass is 10.1. The van der Waals surface area contributed by atoms with Crippen LogP contribution < -0.4 is 14.8 Å². The van der Waals surface area contributed by atoms with E-state index in [2.05, 4.69) is 15.3 Å². The van der Waals surface area contributed by atoms with Crippen LogP contribution in [0.1, 0.15) is 12.2 Å². The van der Waals surface area contributed by atoms with Crippen molar-refractivity contribution in [1.29, 1.82) is 0 Å². The highest BCUT2D eigenvalue weighted by Gasteiger charge is 2.12. The van der Waals surface area contributed by atoms with Crippen LogP contribution in [-0.2, 0) is 0 Å². The number of benzene rings is 1. The molecule has 1 aliphatic rings. The number of ether oxygens (including phenoxy) is 2. The standard InChI is InChI=1S/C15H17N3O2/c1-10-17-12(9-15(16-2)18-10)11-4-5-13-14(8-11)20-7-3-6-19-13/h4-5,8-9H,3,6-7H2,1-2H3,(H,16,17,18). The third-order valence-corrected chi connectivity index (χ3v) is 3.14. The first-order chi connectivity index (χ1) is 9.76. The lowest BCUT2D eigenvalue weighted by Crippen LogP contribution is -1.98. The molecule has 5 heteroatoms. The molecule has 0 fully saturated rings. The lowest BCUT2D eigenvalue weighted by molar-refractivity contribution is 0.297. The first-order valence-electron chi connectivity index (χ1n) is 6.70. The van der Waals surface area contributed by atoms with Gasteiger partial charge < -0.3 is 14.8 Å². The van der Waals surface area contributed by atoms with E-state index in [0.717, 1.165) is 40.8 Å². The fourth-order valence-corrected chi connectivity index (χ4v) is 2.17. The maximum absolute atomic E-state index is 5.71. The van der Waals surface area contributed by atoms with Gasteiger partial charge in [-0.3, -0.25) is 0 Å². The van der Waals surface area contributed by atoms with Crippen LogP contribution in [0.5, 0.6) is 11.5 Å². The summed E-state index contributed by atoms with van der Waals surface area (Å²) in [4.78, 5) is 8.78. The minimum Gasteiger partial charge on any atom is -0.490 e. The van der Waals surface area contributed by atoms with E-state index in [4.69, 9.17) is 9.47 Å². The Kier molecular flexibility index (Phi) is 3.41. The molecule has 0 saturated heterocycles. The highest BCUT2D eigenvalue weighted by Crippen LogP contribution is 2.34. The van der Waals surface area contributed by atoms with E-state index in [-0.39, 0.29) is 0 Å². The largest absolute Gasteiger partial charge is 0.490 e. The molecule has 1 aliphatic heterocycles. The molecule has 1 N–H and O–H groups in total. The van der Waals surface area contributed by atoms with E-state index in [1.54, 1.807) is 0 Å². The SMILES string of the molecule is CNc1cc(-c2ccc3c(c2)OCCCO3)nc(C)n1. The van der Waals surface area contributed by atoms with Crippen molar-refractivity contribution in [3.8, 4) is 22.8 Å². The van der Waals surface area contributed by atoms with Gasteiger partial charge in [0.05, 0.1) is 18.9 Å². The van der Waals surface area contributed by atoms with Crippen molar-refractivity contribution >= 4 is 5.82 Å². The van der Waals surface area contributed by atoms with Crippen molar-refractivity contribution in [2.75, 3.05) is 25.6 Å². The van der Waals surface area contributed by atoms with Crippen LogP contribution in [0.15, 0.2) is 24.3 Å². The second kappa shape index (κ2) is 5.36. The predicted molar refractivity (Wildman–Crippen MR) is 77.4 cm³/mol. The monoisotopic (exact) mass is 271 g/mol. The fourth-order valence-electron chi connectivity index (χ4n) is 2.17. The molecule has 104 valence electrons. The minimum atomic E-state index is 0.682. The molecule has 20 heavy (non-hydrogen) atoms. The quantitative estimate of drug-likeness (QED) is 0.910. The molecule has 3 rings (SSSR count). The van der Waals surface area contributed by atoms with Crippen LogP contribution in [0.3, 0.4) is 0 Å². The van der Waals surface area contributed by atoms with Gasteiger partial charge in [0.1, 0.15) is 11.6 Å². The van der Waals surface area contributed by atoms with Crippen molar-refractivity contribution < 1.29 is 9.47 Å². The molecule has 2 heterocycles. The summed E-state index contributed by atoms with van der Waals surface area (Å²) in [6.45, 7) is 3.26. The number of aryl methyl sites for hydroxylation is 1. The van der Waals surface area contributed by atoms with Gasteiger partial charge in [0.25, 0.3) is 0 Å². The number of hydrogen-bond donors (Lipinski definition) is 1. The summed E-state index contributed by atoms with van der Waals surface area (Å²) < 4.78 is 11.4. The van der Waals surface area contributed by atoms with Crippen molar-refractivity contribution in [2.24, 2.45) is 0 Å². The molecule has 0 aliphatic carbocycles. The maximum atomic E-state index is 5.71. The Bertz CT molecular complexity index is 629. The summed E-state index contributed by atoms with van der Waals surface area (Å²) in [7, 11) is 1.85. The minimum absolute atomic E-state index is 0.682. The number of nitrogens with zero attached hydrogens (tertiary/aromatic N) is 2. The zero-order valence-corrected chi connectivity index (χ0v) is 11.6. The zero-order chi connectivity index (χ0) is 13.9. The summed E-state index contributed by atoms with van der Waals surface area (Å²) in [6, 6.07) is 7.83. The Morgan fingerprint density at radius 3 is 2.65 bits per heavy atom. The Hall–Kier alpha value is -2.30. The second-order valence-corrected chi connectivity index (χ2v) is 4.65. The first kappa shape index (κ1) is 12.7. The molecular formula is C15H17N3O2. The Labute approximate surface area is 118 Å². The zero-order valence-electron chi connectivity index (χ0n) is 11.6. The highest BCUT2D eigenvalue weighted by molar-refractivity contribution is 5.66. The maximum Gasteiger partial charge on any atom is 0.161 e. The highest BCUT2D eigenvalue weighted by atomic mass is 16.5. The number of fused-ring (bicyclic) bond motifs is 1. The van der Waals surface area contributed by atoms with Gasteiger partial charge >= 0.3 is 0 Å². The summed E-state index contributed by atoms with van der Waals surface area (Å²) in [5.74, 6) is 3.12. The molecule has 0 spiro atoms. The lowest BCUT2D eigenvalue weighted by Gasteiger charge is -2.10. The summed E-state index contributed by atoms with van der Waals surface area (Å²) in [6.07, 6.45) is 0.903. The van der Waals surface area contributed by atoms with Crippen LogP contribution in [0.4, 0.5) is 5.82 Å². The molecule has 1 aromatic carbocycles. The number of rotatable bonds is 2. The molecule has 0 bridgehead atoms. The van der Waals surface area contributed by atoms with Gasteiger partial charge in [-0.1, -0.05) is 0 Å². The van der Waals surface area contributed by atoms with Crippen LogP contribution >= 0.6 is 0 Å². The summed E-state index contributed by atoms with van der Waals surface area (Å²) in [5.41, 5.74) is 1.87. The molecule has 5 nitrogen and oxygen atoms in total. The number of hydrogen-bond acceptors (Lipinski definition) is 5. The Balaban J connectivity index is 2.02. The van der Waals surface area contributed by atoms with Crippen LogP contribution in [0, 0.1) is 6.92 Å². The Morgan fingerprint density at radius 1 is 1.05 bits per heavy atom. The van der Waals surface area contributed by atoms with E-state index in [0.29, 0.717) is 13.2 Å². The number of aromatic nitrogens is 2.